The first kappa shape index (κ1) is 15.3. The van der Waals surface area contributed by atoms with Gasteiger partial charge in [0.05, 0.1) is 19.6 Å². The molecule has 5 nitrogen and oxygen atoms in total. The zero-order valence-corrected chi connectivity index (χ0v) is 12.4. The predicted molar refractivity (Wildman–Crippen MR) is 76.2 cm³/mol. The smallest absolute Gasteiger partial charge is 0.309 e. The summed E-state index contributed by atoms with van der Waals surface area (Å²) in [5.41, 5.74) is 0. The number of nitrogens with zero attached hydrogens (tertiary/aromatic N) is 1. The second-order valence-electron chi connectivity index (χ2n) is 6.00. The zero-order valence-electron chi connectivity index (χ0n) is 12.4. The molecule has 0 radical (unpaired) electrons. The van der Waals surface area contributed by atoms with E-state index < -0.39 is 0 Å². The van der Waals surface area contributed by atoms with Gasteiger partial charge in [0.25, 0.3) is 0 Å². The van der Waals surface area contributed by atoms with E-state index in [2.05, 4.69) is 10.2 Å². The largest absolute Gasteiger partial charge is 0.469 e. The van der Waals surface area contributed by atoms with E-state index in [4.69, 9.17) is 4.74 Å². The lowest BCUT2D eigenvalue weighted by atomic mass is 9.95. The van der Waals surface area contributed by atoms with Gasteiger partial charge in [0.2, 0.25) is 5.91 Å². The molecule has 1 atom stereocenters. The van der Waals surface area contributed by atoms with Gasteiger partial charge in [0, 0.05) is 12.6 Å². The topological polar surface area (TPSA) is 58.6 Å². The Balaban J connectivity index is 1.74. The summed E-state index contributed by atoms with van der Waals surface area (Å²) >= 11 is 0. The minimum Gasteiger partial charge on any atom is -0.469 e. The van der Waals surface area contributed by atoms with Crippen molar-refractivity contribution in [2.24, 2.45) is 5.92 Å². The van der Waals surface area contributed by atoms with Crippen molar-refractivity contribution in [3.8, 4) is 0 Å². The molecule has 0 aromatic carbocycles. The first-order valence-electron chi connectivity index (χ1n) is 7.78. The van der Waals surface area contributed by atoms with E-state index in [9.17, 15) is 9.59 Å². The third-order valence-electron chi connectivity index (χ3n) is 4.38. The normalized spacial score (nSPS) is 25.1. The first-order valence-corrected chi connectivity index (χ1v) is 7.78. The van der Waals surface area contributed by atoms with Crippen LogP contribution < -0.4 is 5.32 Å². The minimum atomic E-state index is -0.151. The Bertz CT molecular complexity index is 340. The van der Waals surface area contributed by atoms with Crippen molar-refractivity contribution in [3.05, 3.63) is 0 Å². The molecule has 2 aliphatic rings. The molecule has 114 valence electrons. The van der Waals surface area contributed by atoms with E-state index in [1.54, 1.807) is 0 Å². The van der Waals surface area contributed by atoms with E-state index >= 15 is 0 Å². The molecule has 0 unspecified atom stereocenters. The molecule has 2 rings (SSSR count). The standard InChI is InChI=1S/C15H26N2O3/c1-20-15(19)12-6-5-9-17(10-12)11-14(18)16-13-7-3-2-4-8-13/h12-13H,2-11H2,1H3,(H,16,18)/t12-/m0/s1. The molecule has 2 fully saturated rings. The highest BCUT2D eigenvalue weighted by Gasteiger charge is 2.27. The molecule has 1 aliphatic carbocycles. The number of ether oxygens (including phenoxy) is 1. The summed E-state index contributed by atoms with van der Waals surface area (Å²) in [6.07, 6.45) is 7.77. The lowest BCUT2D eigenvalue weighted by Gasteiger charge is -2.31. The van der Waals surface area contributed by atoms with Crippen molar-refractivity contribution in [1.82, 2.24) is 10.2 Å². The maximum Gasteiger partial charge on any atom is 0.309 e. The Morgan fingerprint density at radius 1 is 1.15 bits per heavy atom. The van der Waals surface area contributed by atoms with Crippen LogP contribution in [-0.4, -0.2) is 49.6 Å². The van der Waals surface area contributed by atoms with E-state index in [-0.39, 0.29) is 17.8 Å². The number of carbonyl (C=O) groups excluding carboxylic acids is 2. The van der Waals surface area contributed by atoms with Gasteiger partial charge in [-0.3, -0.25) is 14.5 Å². The summed E-state index contributed by atoms with van der Waals surface area (Å²) in [7, 11) is 1.43. The van der Waals surface area contributed by atoms with Crippen molar-refractivity contribution < 1.29 is 14.3 Å². The second kappa shape index (κ2) is 7.62. The number of carbonyl (C=O) groups is 2. The summed E-state index contributed by atoms with van der Waals surface area (Å²) in [6, 6.07) is 0.359. The Morgan fingerprint density at radius 2 is 1.90 bits per heavy atom. The van der Waals surface area contributed by atoms with Gasteiger partial charge in [-0.1, -0.05) is 19.3 Å². The van der Waals surface area contributed by atoms with Crippen LogP contribution >= 0.6 is 0 Å². The summed E-state index contributed by atoms with van der Waals surface area (Å²) in [5, 5.41) is 3.13. The van der Waals surface area contributed by atoms with Crippen LogP contribution in [-0.2, 0) is 14.3 Å². The molecule has 1 saturated heterocycles. The molecule has 0 spiro atoms. The van der Waals surface area contributed by atoms with Crippen molar-refractivity contribution in [3.63, 3.8) is 0 Å². The molecule has 1 heterocycles. The third-order valence-corrected chi connectivity index (χ3v) is 4.38. The van der Waals surface area contributed by atoms with Crippen LogP contribution in [0.25, 0.3) is 0 Å². The number of piperidine rings is 1. The quantitative estimate of drug-likeness (QED) is 0.790. The summed E-state index contributed by atoms with van der Waals surface area (Å²) < 4.78 is 4.80. The molecular formula is C15H26N2O3. The number of hydrogen-bond donors (Lipinski definition) is 1. The number of amides is 1. The van der Waals surface area contributed by atoms with E-state index in [1.165, 1.54) is 26.4 Å². The van der Waals surface area contributed by atoms with Crippen LogP contribution in [0.5, 0.6) is 0 Å². The maximum atomic E-state index is 12.1. The minimum absolute atomic E-state index is 0.0729. The monoisotopic (exact) mass is 282 g/mol. The maximum absolute atomic E-state index is 12.1. The van der Waals surface area contributed by atoms with Crippen molar-refractivity contribution in [1.29, 1.82) is 0 Å². The molecule has 0 aromatic heterocycles. The fourth-order valence-corrected chi connectivity index (χ4v) is 3.28. The Morgan fingerprint density at radius 3 is 2.60 bits per heavy atom. The van der Waals surface area contributed by atoms with Crippen LogP contribution in [0.4, 0.5) is 0 Å². The van der Waals surface area contributed by atoms with Gasteiger partial charge in [-0.25, -0.2) is 0 Å². The Kier molecular flexibility index (Phi) is 5.83. The van der Waals surface area contributed by atoms with Gasteiger partial charge in [-0.05, 0) is 32.2 Å². The van der Waals surface area contributed by atoms with E-state index in [0.717, 1.165) is 32.2 Å². The van der Waals surface area contributed by atoms with Gasteiger partial charge in [-0.15, -0.1) is 0 Å². The molecule has 1 amide bonds. The van der Waals surface area contributed by atoms with Crippen molar-refractivity contribution >= 4 is 11.9 Å². The van der Waals surface area contributed by atoms with Crippen LogP contribution in [0.3, 0.4) is 0 Å². The molecule has 1 N–H and O–H groups in total. The Hall–Kier alpha value is -1.10. The molecular weight excluding hydrogens is 256 g/mol. The summed E-state index contributed by atoms with van der Waals surface area (Å²) in [4.78, 5) is 25.7. The summed E-state index contributed by atoms with van der Waals surface area (Å²) in [5.74, 6) is -0.124. The number of hydrogen-bond acceptors (Lipinski definition) is 4. The predicted octanol–water partition coefficient (Wildman–Crippen LogP) is 1.32. The fourth-order valence-electron chi connectivity index (χ4n) is 3.28. The zero-order chi connectivity index (χ0) is 14.4. The highest BCUT2D eigenvalue weighted by molar-refractivity contribution is 5.78. The van der Waals surface area contributed by atoms with Crippen LogP contribution in [0.15, 0.2) is 0 Å². The highest BCUT2D eigenvalue weighted by Crippen LogP contribution is 2.19. The van der Waals surface area contributed by atoms with Crippen molar-refractivity contribution in [2.75, 3.05) is 26.7 Å². The Labute approximate surface area is 121 Å². The lowest BCUT2D eigenvalue weighted by molar-refractivity contribution is -0.147. The number of esters is 1. The molecule has 1 saturated carbocycles. The van der Waals surface area contributed by atoms with Gasteiger partial charge >= 0.3 is 5.97 Å². The van der Waals surface area contributed by atoms with Crippen molar-refractivity contribution in [2.45, 2.75) is 51.0 Å². The van der Waals surface area contributed by atoms with Crippen LogP contribution in [0.1, 0.15) is 44.9 Å². The average molecular weight is 282 g/mol. The summed E-state index contributed by atoms with van der Waals surface area (Å²) in [6.45, 7) is 1.94. The number of nitrogens with one attached hydrogen (secondary N) is 1. The number of rotatable bonds is 4. The molecule has 20 heavy (non-hydrogen) atoms. The fraction of sp³-hybridized carbons (Fsp3) is 0.867. The number of likely N-dealkylation sites (tertiary alicyclic amines) is 1. The van der Waals surface area contributed by atoms with Gasteiger partial charge in [-0.2, -0.15) is 0 Å². The highest BCUT2D eigenvalue weighted by atomic mass is 16.5. The van der Waals surface area contributed by atoms with Gasteiger partial charge < -0.3 is 10.1 Å². The molecule has 1 aliphatic heterocycles. The van der Waals surface area contributed by atoms with Crippen LogP contribution in [0, 0.1) is 5.92 Å². The van der Waals surface area contributed by atoms with E-state index in [0.29, 0.717) is 19.1 Å². The first-order chi connectivity index (χ1) is 9.69. The third kappa shape index (κ3) is 4.47. The number of methoxy groups -OCH3 is 1. The molecule has 0 bridgehead atoms. The lowest BCUT2D eigenvalue weighted by Crippen LogP contribution is -2.46. The second-order valence-corrected chi connectivity index (χ2v) is 6.00. The van der Waals surface area contributed by atoms with E-state index in [1.807, 2.05) is 0 Å². The molecule has 5 heteroatoms. The SMILES string of the molecule is COC(=O)[C@H]1CCCN(CC(=O)NC2CCCCC2)C1. The molecule has 0 aromatic rings. The van der Waals surface area contributed by atoms with Gasteiger partial charge in [0.15, 0.2) is 0 Å². The van der Waals surface area contributed by atoms with Crippen LogP contribution in [0.2, 0.25) is 0 Å². The van der Waals surface area contributed by atoms with Gasteiger partial charge in [0.1, 0.15) is 0 Å². The average Bonchev–Trinajstić information content (AvgIpc) is 2.47.